The zero-order chi connectivity index (χ0) is 44.4. The highest BCUT2D eigenvalue weighted by Gasteiger charge is 2.32. The lowest BCUT2D eigenvalue weighted by Gasteiger charge is -2.15. The van der Waals surface area contributed by atoms with E-state index < -0.39 is 35.4 Å². The van der Waals surface area contributed by atoms with E-state index in [1.54, 1.807) is 31.1 Å². The van der Waals surface area contributed by atoms with Gasteiger partial charge in [-0.1, -0.05) is 63.1 Å². The van der Waals surface area contributed by atoms with Crippen molar-refractivity contribution in [3.05, 3.63) is 101 Å². The van der Waals surface area contributed by atoms with Crippen LogP contribution in [0.3, 0.4) is 0 Å². The third-order valence-corrected chi connectivity index (χ3v) is 8.83. The number of carbonyl (C=O) groups excluding carboxylic acids is 2. The minimum absolute atomic E-state index is 0.00964. The number of rotatable bonds is 20. The lowest BCUT2D eigenvalue weighted by Crippen LogP contribution is -2.34. The smallest absolute Gasteiger partial charge is 0.380 e. The van der Waals surface area contributed by atoms with Gasteiger partial charge in [0.2, 0.25) is 6.41 Å². The Kier molecular flexibility index (Phi) is 25.0. The van der Waals surface area contributed by atoms with Crippen molar-refractivity contribution in [2.75, 3.05) is 45.2 Å². The summed E-state index contributed by atoms with van der Waals surface area (Å²) in [4.78, 5) is 29.5. The molecule has 1 heterocycles. The first-order valence-electron chi connectivity index (χ1n) is 19.5. The van der Waals surface area contributed by atoms with Crippen LogP contribution in [0, 0.1) is 12.8 Å². The van der Waals surface area contributed by atoms with Crippen molar-refractivity contribution < 1.29 is 45.1 Å². The fourth-order valence-electron chi connectivity index (χ4n) is 5.22. The highest BCUT2D eigenvalue weighted by molar-refractivity contribution is 6.04. The third kappa shape index (κ3) is 22.5. The SMILES string of the molecule is C/C=C/C=C(C/C(=C\C1CCCC1)C(=O)Nc1ccc(C(C)(F)F)cc1)\C(F)=C(\F)CCOCCNCC(N)CC.CCN(C)NC=O.Cc1cc(C(F)(F)F)ncn1. The van der Waals surface area contributed by atoms with E-state index >= 15 is 4.39 Å². The van der Waals surface area contributed by atoms with Gasteiger partial charge in [-0.05, 0) is 62.8 Å². The molecule has 0 aliphatic heterocycles. The average molecular weight is 844 g/mol. The number of amides is 2. The van der Waals surface area contributed by atoms with Crippen LogP contribution in [0.25, 0.3) is 0 Å². The summed E-state index contributed by atoms with van der Waals surface area (Å²) < 4.78 is 98.5. The molecule has 1 fully saturated rings. The monoisotopic (exact) mass is 843 g/mol. The molecule has 1 aromatic carbocycles. The molecule has 1 saturated carbocycles. The fraction of sp³-hybridized carbons (Fsp3) is 0.524. The number of benzene rings is 1. The molecule has 59 heavy (non-hydrogen) atoms. The van der Waals surface area contributed by atoms with Gasteiger partial charge in [0.05, 0.1) is 13.2 Å². The molecular formula is C42H60F7N7O3. The second-order valence-electron chi connectivity index (χ2n) is 13.8. The largest absolute Gasteiger partial charge is 0.433 e. The molecule has 17 heteroatoms. The maximum Gasteiger partial charge on any atom is 0.433 e. The fourth-order valence-corrected chi connectivity index (χ4v) is 5.22. The molecule has 1 aromatic heterocycles. The van der Waals surface area contributed by atoms with Crippen molar-refractivity contribution in [1.82, 2.24) is 25.7 Å². The molecule has 1 aliphatic rings. The van der Waals surface area contributed by atoms with Crippen molar-refractivity contribution in [2.45, 2.75) is 97.7 Å². The molecule has 2 aromatic rings. The molecule has 3 rings (SSSR count). The summed E-state index contributed by atoms with van der Waals surface area (Å²) in [5, 5.41) is 7.57. The average Bonchev–Trinajstić information content (AvgIpc) is 3.71. The van der Waals surface area contributed by atoms with E-state index in [4.69, 9.17) is 10.5 Å². The highest BCUT2D eigenvalue weighted by atomic mass is 19.4. The Morgan fingerprint density at radius 2 is 1.71 bits per heavy atom. The number of aromatic nitrogens is 2. The van der Waals surface area contributed by atoms with Crippen LogP contribution in [0.5, 0.6) is 0 Å². The number of hydrogen-bond donors (Lipinski definition) is 4. The van der Waals surface area contributed by atoms with Crippen LogP contribution in [-0.2, 0) is 26.4 Å². The first kappa shape index (κ1) is 52.6. The summed E-state index contributed by atoms with van der Waals surface area (Å²) in [6, 6.07) is 6.29. The Bertz CT molecular complexity index is 1650. The molecule has 1 atom stereocenters. The first-order valence-corrected chi connectivity index (χ1v) is 19.5. The number of nitrogens with zero attached hydrogens (tertiary/aromatic N) is 3. The number of aryl methyl sites for hydroxylation is 1. The number of carbonyl (C=O) groups is 2. The van der Waals surface area contributed by atoms with Crippen molar-refractivity contribution >= 4 is 18.0 Å². The number of alkyl halides is 5. The minimum atomic E-state index is -4.37. The number of nitrogens with two attached hydrogens (primary N) is 1. The minimum Gasteiger partial charge on any atom is -0.380 e. The molecule has 0 spiro atoms. The van der Waals surface area contributed by atoms with Crippen LogP contribution >= 0.6 is 0 Å². The Hall–Kier alpha value is -4.45. The van der Waals surface area contributed by atoms with Crippen LogP contribution in [0.4, 0.5) is 36.4 Å². The number of hydrogen-bond acceptors (Lipinski definition) is 8. The Morgan fingerprint density at radius 3 is 2.22 bits per heavy atom. The Balaban J connectivity index is 0.000000790. The van der Waals surface area contributed by atoms with Crippen LogP contribution < -0.4 is 21.8 Å². The normalized spacial score (nSPS) is 14.9. The van der Waals surface area contributed by atoms with Gasteiger partial charge in [-0.25, -0.2) is 32.5 Å². The zero-order valence-electron chi connectivity index (χ0n) is 34.8. The molecule has 2 amide bonds. The van der Waals surface area contributed by atoms with Gasteiger partial charge < -0.3 is 21.1 Å². The summed E-state index contributed by atoms with van der Waals surface area (Å²) in [5.41, 5.74) is 8.21. The number of halogens is 7. The molecule has 1 aliphatic carbocycles. The number of ether oxygens (including phenoxy) is 1. The topological polar surface area (TPSA) is 134 Å². The van der Waals surface area contributed by atoms with Gasteiger partial charge in [0.25, 0.3) is 11.8 Å². The van der Waals surface area contributed by atoms with Gasteiger partial charge in [0.15, 0.2) is 5.83 Å². The van der Waals surface area contributed by atoms with E-state index in [1.807, 2.05) is 19.9 Å². The summed E-state index contributed by atoms with van der Waals surface area (Å²) in [6.45, 7) is 10.4. The molecule has 5 N–H and O–H groups in total. The van der Waals surface area contributed by atoms with Crippen molar-refractivity contribution in [3.63, 3.8) is 0 Å². The molecule has 0 radical (unpaired) electrons. The predicted octanol–water partition coefficient (Wildman–Crippen LogP) is 9.03. The van der Waals surface area contributed by atoms with E-state index in [1.165, 1.54) is 37.3 Å². The second kappa shape index (κ2) is 28.1. The standard InChI is InChI=1S/C32H45F4N3O2.C6H5F3N2.C4H10N2O/c1-4-6-11-24(30(34)29(33)16-18-41-19-17-38-22-27(37)5-2)21-25(20-23-9-7-8-10-23)31(40)39-28-14-12-26(13-15-28)32(3,35)36;1-4-2-5(6(7,8)9)11-3-10-4;1-3-6(2)5-4-7/h4,6,11-15,20,23,27,38H,5,7-10,16-19,21-22,37H2,1-3H3,(H,39,40);2-3H,1H3;4H,3H2,1-2H3,(H,5,7)/b6-4+,24-11-,25-20+,30-29-;;. The number of allylic oxidation sites excluding steroid dienone is 6. The molecule has 0 saturated heterocycles. The van der Waals surface area contributed by atoms with Gasteiger partial charge in [-0.3, -0.25) is 15.0 Å². The van der Waals surface area contributed by atoms with Gasteiger partial charge in [0, 0.05) is 75.0 Å². The predicted molar refractivity (Wildman–Crippen MR) is 217 cm³/mol. The lowest BCUT2D eigenvalue weighted by molar-refractivity contribution is -0.141. The molecule has 10 nitrogen and oxygen atoms in total. The second-order valence-corrected chi connectivity index (χ2v) is 13.8. The number of anilines is 1. The number of hydrazine groups is 1. The molecule has 1 unspecified atom stereocenters. The summed E-state index contributed by atoms with van der Waals surface area (Å²) in [6.07, 6.45) is 8.17. The van der Waals surface area contributed by atoms with Crippen molar-refractivity contribution in [2.24, 2.45) is 11.7 Å². The van der Waals surface area contributed by atoms with E-state index in [-0.39, 0.29) is 42.5 Å². The van der Waals surface area contributed by atoms with Gasteiger partial charge in [-0.15, -0.1) is 0 Å². The Morgan fingerprint density at radius 1 is 1.05 bits per heavy atom. The number of nitrogens with one attached hydrogen (secondary N) is 3. The van der Waals surface area contributed by atoms with E-state index in [2.05, 4.69) is 26.0 Å². The Labute approximate surface area is 343 Å². The lowest BCUT2D eigenvalue weighted by atomic mass is 9.96. The quantitative estimate of drug-likeness (QED) is 0.0259. The summed E-state index contributed by atoms with van der Waals surface area (Å²) in [7, 11) is 1.80. The summed E-state index contributed by atoms with van der Waals surface area (Å²) >= 11 is 0. The summed E-state index contributed by atoms with van der Waals surface area (Å²) in [5.74, 6) is -5.28. The van der Waals surface area contributed by atoms with Crippen LogP contribution in [0.2, 0.25) is 0 Å². The third-order valence-electron chi connectivity index (χ3n) is 8.83. The van der Waals surface area contributed by atoms with Crippen LogP contribution in [0.15, 0.2) is 83.8 Å². The van der Waals surface area contributed by atoms with Gasteiger partial charge in [-0.2, -0.15) is 13.2 Å². The maximum absolute atomic E-state index is 15.4. The van der Waals surface area contributed by atoms with Crippen molar-refractivity contribution in [3.8, 4) is 0 Å². The van der Waals surface area contributed by atoms with Crippen LogP contribution in [0.1, 0.15) is 89.6 Å². The van der Waals surface area contributed by atoms with E-state index in [9.17, 15) is 35.9 Å². The molecule has 330 valence electrons. The highest BCUT2D eigenvalue weighted by Crippen LogP contribution is 2.32. The first-order chi connectivity index (χ1) is 27.9. The van der Waals surface area contributed by atoms with Crippen LogP contribution in [-0.4, -0.2) is 73.2 Å². The van der Waals surface area contributed by atoms with E-state index in [0.717, 1.165) is 58.0 Å². The van der Waals surface area contributed by atoms with Crippen molar-refractivity contribution in [1.29, 1.82) is 0 Å². The molecular weight excluding hydrogens is 783 g/mol. The van der Waals surface area contributed by atoms with Gasteiger partial charge >= 0.3 is 6.18 Å². The van der Waals surface area contributed by atoms with E-state index in [0.29, 0.717) is 43.1 Å². The van der Waals surface area contributed by atoms with Gasteiger partial charge in [0.1, 0.15) is 17.8 Å². The zero-order valence-corrected chi connectivity index (χ0v) is 34.8. The maximum atomic E-state index is 15.4. The molecule has 0 bridgehead atoms.